The molecule has 2 aromatic carbocycles. The number of benzene rings is 2. The molecule has 0 aliphatic heterocycles. The fourth-order valence-electron chi connectivity index (χ4n) is 3.17. The Morgan fingerprint density at radius 2 is 1.53 bits per heavy atom. The van der Waals surface area contributed by atoms with Crippen molar-refractivity contribution in [2.75, 3.05) is 11.9 Å². The monoisotopic (exact) mass is 398 g/mol. The van der Waals surface area contributed by atoms with Crippen LogP contribution in [-0.4, -0.2) is 27.3 Å². The van der Waals surface area contributed by atoms with Gasteiger partial charge in [-0.3, -0.25) is 14.5 Å². The zero-order chi connectivity index (χ0) is 20.6. The van der Waals surface area contributed by atoms with Crippen LogP contribution < -0.4 is 5.32 Å². The summed E-state index contributed by atoms with van der Waals surface area (Å²) in [5.74, 6) is 0.245. The first-order valence-corrected chi connectivity index (χ1v) is 9.71. The molecule has 0 unspecified atom stereocenters. The minimum atomic E-state index is -0.317. The third kappa shape index (κ3) is 5.18. The molecule has 1 N–H and O–H groups in total. The molecular formula is C24H22N4O2. The topological polar surface area (TPSA) is 69.0 Å². The van der Waals surface area contributed by atoms with Gasteiger partial charge in [0, 0.05) is 24.7 Å². The van der Waals surface area contributed by atoms with Crippen molar-refractivity contribution < 1.29 is 9.53 Å². The summed E-state index contributed by atoms with van der Waals surface area (Å²) in [7, 11) is 0. The van der Waals surface area contributed by atoms with Gasteiger partial charge in [0.05, 0.1) is 6.54 Å². The number of anilines is 1. The maximum absolute atomic E-state index is 12.5. The number of pyridine rings is 1. The number of nitrogens with zero attached hydrogens (tertiary/aromatic N) is 3. The van der Waals surface area contributed by atoms with Crippen molar-refractivity contribution in [1.82, 2.24) is 14.8 Å². The van der Waals surface area contributed by atoms with Crippen molar-refractivity contribution in [2.45, 2.75) is 12.6 Å². The Morgan fingerprint density at radius 3 is 2.17 bits per heavy atom. The molecule has 2 aromatic heterocycles. The number of carbonyl (C=O) groups excluding carboxylic acids is 1. The number of aromatic nitrogens is 3. The van der Waals surface area contributed by atoms with Crippen molar-refractivity contribution in [3.63, 3.8) is 0 Å². The van der Waals surface area contributed by atoms with Gasteiger partial charge in [0.25, 0.3) is 5.91 Å². The Kier molecular flexibility index (Phi) is 6.27. The minimum absolute atomic E-state index is 0.0777. The molecule has 0 spiro atoms. The Hall–Kier alpha value is -3.77. The van der Waals surface area contributed by atoms with E-state index in [1.807, 2.05) is 79.0 Å². The lowest BCUT2D eigenvalue weighted by Crippen LogP contribution is -2.21. The number of ether oxygens (including phenoxy) is 1. The molecule has 0 saturated heterocycles. The van der Waals surface area contributed by atoms with E-state index >= 15 is 0 Å². The Morgan fingerprint density at radius 1 is 0.900 bits per heavy atom. The highest BCUT2D eigenvalue weighted by Crippen LogP contribution is 2.25. The second kappa shape index (κ2) is 9.62. The van der Waals surface area contributed by atoms with E-state index in [1.54, 1.807) is 23.1 Å². The van der Waals surface area contributed by atoms with Gasteiger partial charge in [-0.05, 0) is 28.8 Å². The smallest absolute Gasteiger partial charge is 0.251 e. The summed E-state index contributed by atoms with van der Waals surface area (Å²) >= 11 is 0. The molecule has 0 aliphatic carbocycles. The maximum atomic E-state index is 12.5. The molecule has 1 amide bonds. The van der Waals surface area contributed by atoms with Crippen LogP contribution in [0.15, 0.2) is 97.5 Å². The van der Waals surface area contributed by atoms with Crippen molar-refractivity contribution in [3.05, 3.63) is 114 Å². The van der Waals surface area contributed by atoms with Crippen molar-refractivity contribution in [2.24, 2.45) is 0 Å². The maximum Gasteiger partial charge on any atom is 0.251 e. The molecule has 2 heterocycles. The first kappa shape index (κ1) is 19.5. The largest absolute Gasteiger partial charge is 0.359 e. The summed E-state index contributed by atoms with van der Waals surface area (Å²) < 4.78 is 7.76. The summed E-state index contributed by atoms with van der Waals surface area (Å²) in [5, 5.41) is 7.20. The summed E-state index contributed by atoms with van der Waals surface area (Å²) in [5.41, 5.74) is 3.08. The Labute approximate surface area is 175 Å². The molecular weight excluding hydrogens is 376 g/mol. The number of hydrogen-bond donors (Lipinski definition) is 1. The van der Waals surface area contributed by atoms with Crippen molar-refractivity contribution >= 4 is 11.7 Å². The van der Waals surface area contributed by atoms with Gasteiger partial charge in [-0.1, -0.05) is 60.7 Å². The summed E-state index contributed by atoms with van der Waals surface area (Å²) in [4.78, 5) is 16.5. The number of rotatable bonds is 8. The lowest BCUT2D eigenvalue weighted by Gasteiger charge is -2.18. The molecule has 0 radical (unpaired) electrons. The average molecular weight is 398 g/mol. The van der Waals surface area contributed by atoms with Gasteiger partial charge in [0.2, 0.25) is 0 Å². The number of carbonyl (C=O) groups is 1. The number of amides is 1. The van der Waals surface area contributed by atoms with Crippen LogP contribution in [0.1, 0.15) is 22.8 Å². The molecule has 4 rings (SSSR count). The molecule has 0 fully saturated rings. The van der Waals surface area contributed by atoms with E-state index in [0.29, 0.717) is 12.4 Å². The zero-order valence-corrected chi connectivity index (χ0v) is 16.4. The van der Waals surface area contributed by atoms with Crippen LogP contribution in [0.2, 0.25) is 0 Å². The third-order valence-electron chi connectivity index (χ3n) is 4.59. The van der Waals surface area contributed by atoms with E-state index in [0.717, 1.165) is 16.7 Å². The molecule has 6 heteroatoms. The van der Waals surface area contributed by atoms with E-state index in [1.165, 1.54) is 0 Å². The van der Waals surface area contributed by atoms with Gasteiger partial charge in [-0.25, -0.2) is 0 Å². The van der Waals surface area contributed by atoms with Crippen LogP contribution in [0.5, 0.6) is 0 Å². The van der Waals surface area contributed by atoms with E-state index in [2.05, 4.69) is 15.4 Å². The lowest BCUT2D eigenvalue weighted by molar-refractivity contribution is -0.121. The van der Waals surface area contributed by atoms with Crippen LogP contribution in [0.25, 0.3) is 0 Å². The first-order valence-electron chi connectivity index (χ1n) is 9.71. The predicted octanol–water partition coefficient (Wildman–Crippen LogP) is 4.07. The molecule has 0 atom stereocenters. The number of nitrogens with one attached hydrogen (secondary N) is 1. The van der Waals surface area contributed by atoms with Gasteiger partial charge in [0.1, 0.15) is 12.7 Å². The second-order valence-corrected chi connectivity index (χ2v) is 6.81. The molecule has 0 saturated carbocycles. The van der Waals surface area contributed by atoms with Gasteiger partial charge < -0.3 is 10.1 Å². The average Bonchev–Trinajstić information content (AvgIpc) is 3.22. The quantitative estimate of drug-likeness (QED) is 0.486. The molecule has 6 nitrogen and oxygen atoms in total. The van der Waals surface area contributed by atoms with Gasteiger partial charge in [-0.15, -0.1) is 0 Å². The predicted molar refractivity (Wildman–Crippen MR) is 115 cm³/mol. The highest BCUT2D eigenvalue weighted by atomic mass is 16.5. The van der Waals surface area contributed by atoms with Crippen molar-refractivity contribution in [1.29, 1.82) is 0 Å². The SMILES string of the molecule is O=C(COC(c1ccccc1)c1ccccc1)Nc1ccn(Cc2ccncc2)n1. The first-order chi connectivity index (χ1) is 14.8. The zero-order valence-electron chi connectivity index (χ0n) is 16.4. The summed E-state index contributed by atoms with van der Waals surface area (Å²) in [6.45, 7) is 0.532. The summed E-state index contributed by atoms with van der Waals surface area (Å²) in [6.07, 6.45) is 5.00. The number of hydrogen-bond acceptors (Lipinski definition) is 4. The summed E-state index contributed by atoms with van der Waals surface area (Å²) in [6, 6.07) is 25.4. The fraction of sp³-hybridized carbons (Fsp3) is 0.125. The molecule has 4 aromatic rings. The van der Waals surface area contributed by atoms with Crippen LogP contribution >= 0.6 is 0 Å². The molecule has 0 aliphatic rings. The molecule has 30 heavy (non-hydrogen) atoms. The standard InChI is InChI=1S/C24H22N4O2/c29-23(26-22-13-16-28(27-22)17-19-11-14-25-15-12-19)18-30-24(20-7-3-1-4-8-20)21-9-5-2-6-10-21/h1-16,24H,17-18H2,(H,26,27,29). The van der Waals surface area contributed by atoms with Gasteiger partial charge in [0.15, 0.2) is 5.82 Å². The lowest BCUT2D eigenvalue weighted by atomic mass is 10.0. The van der Waals surface area contributed by atoms with Gasteiger partial charge in [-0.2, -0.15) is 5.10 Å². The van der Waals surface area contributed by atoms with Crippen LogP contribution in [0.4, 0.5) is 5.82 Å². The van der Waals surface area contributed by atoms with Crippen molar-refractivity contribution in [3.8, 4) is 0 Å². The third-order valence-corrected chi connectivity index (χ3v) is 4.59. The molecule has 0 bridgehead atoms. The van der Waals surface area contributed by atoms with E-state index in [4.69, 9.17) is 4.74 Å². The minimum Gasteiger partial charge on any atom is -0.359 e. The van der Waals surface area contributed by atoms with E-state index in [-0.39, 0.29) is 18.6 Å². The van der Waals surface area contributed by atoms with Gasteiger partial charge >= 0.3 is 0 Å². The van der Waals surface area contributed by atoms with E-state index in [9.17, 15) is 4.79 Å². The van der Waals surface area contributed by atoms with Crippen LogP contribution in [0, 0.1) is 0 Å². The normalized spacial score (nSPS) is 10.8. The fourth-order valence-corrected chi connectivity index (χ4v) is 3.17. The highest BCUT2D eigenvalue weighted by Gasteiger charge is 2.16. The second-order valence-electron chi connectivity index (χ2n) is 6.81. The Bertz CT molecular complexity index is 1030. The van der Waals surface area contributed by atoms with E-state index < -0.39 is 0 Å². The van der Waals surface area contributed by atoms with Crippen LogP contribution in [-0.2, 0) is 16.1 Å². The Balaban J connectivity index is 1.37. The van der Waals surface area contributed by atoms with Crippen LogP contribution in [0.3, 0.4) is 0 Å². The highest BCUT2D eigenvalue weighted by molar-refractivity contribution is 5.90. The molecule has 150 valence electrons.